The molecule has 4 heteroatoms. The number of thioether (sulfide) groups is 1. The predicted octanol–water partition coefficient (Wildman–Crippen LogP) is 3.00. The number of nitrogens with one attached hydrogen (secondary N) is 1. The molecule has 2 atom stereocenters. The third kappa shape index (κ3) is 5.30. The van der Waals surface area contributed by atoms with Crippen LogP contribution < -0.4 is 5.32 Å². The zero-order chi connectivity index (χ0) is 13.5. The molecule has 0 heterocycles. The first-order valence-corrected chi connectivity index (χ1v) is 7.48. The Kier molecular flexibility index (Phi) is 7.88. The van der Waals surface area contributed by atoms with Crippen LogP contribution in [0.1, 0.15) is 47.0 Å². The molecule has 0 aliphatic rings. The lowest BCUT2D eigenvalue weighted by Crippen LogP contribution is -2.49. The summed E-state index contributed by atoms with van der Waals surface area (Å²) in [5.41, 5.74) is -0.734. The molecule has 0 saturated heterocycles. The topological polar surface area (TPSA) is 49.3 Å². The summed E-state index contributed by atoms with van der Waals surface area (Å²) in [4.78, 5) is 11.3. The van der Waals surface area contributed by atoms with Gasteiger partial charge in [0.05, 0.1) is 0 Å². The number of carboxylic acids is 1. The van der Waals surface area contributed by atoms with Gasteiger partial charge in [0.2, 0.25) is 0 Å². The first kappa shape index (κ1) is 16.8. The summed E-state index contributed by atoms with van der Waals surface area (Å²) < 4.78 is 0. The SMILES string of the molecule is CCC(CCCSC(C)C(C)C)(NC)C(=O)O. The number of carbonyl (C=O) groups is 1. The van der Waals surface area contributed by atoms with Crippen LogP contribution >= 0.6 is 11.8 Å². The van der Waals surface area contributed by atoms with Crippen molar-refractivity contribution in [3.8, 4) is 0 Å². The van der Waals surface area contributed by atoms with Crippen molar-refractivity contribution in [1.29, 1.82) is 0 Å². The molecule has 17 heavy (non-hydrogen) atoms. The van der Waals surface area contributed by atoms with E-state index in [1.807, 2.05) is 18.7 Å². The summed E-state index contributed by atoms with van der Waals surface area (Å²) in [5, 5.41) is 12.9. The van der Waals surface area contributed by atoms with E-state index in [0.29, 0.717) is 24.0 Å². The lowest BCUT2D eigenvalue weighted by molar-refractivity contribution is -0.145. The van der Waals surface area contributed by atoms with Crippen LogP contribution in [0.2, 0.25) is 0 Å². The molecule has 0 amide bonds. The van der Waals surface area contributed by atoms with Crippen LogP contribution in [-0.2, 0) is 4.79 Å². The Labute approximate surface area is 110 Å². The Morgan fingerprint density at radius 3 is 2.35 bits per heavy atom. The highest BCUT2D eigenvalue weighted by Crippen LogP contribution is 2.23. The Hall–Kier alpha value is -0.220. The van der Waals surface area contributed by atoms with Gasteiger partial charge in [0.25, 0.3) is 0 Å². The second-order valence-corrected chi connectivity index (χ2v) is 6.40. The van der Waals surface area contributed by atoms with E-state index in [1.54, 1.807) is 7.05 Å². The molecule has 0 aromatic carbocycles. The smallest absolute Gasteiger partial charge is 0.323 e. The van der Waals surface area contributed by atoms with Crippen LogP contribution in [0.3, 0.4) is 0 Å². The lowest BCUT2D eigenvalue weighted by atomic mass is 9.91. The molecule has 2 unspecified atom stereocenters. The molecule has 0 rings (SSSR count). The number of aliphatic carboxylic acids is 1. The van der Waals surface area contributed by atoms with Crippen molar-refractivity contribution in [2.24, 2.45) is 5.92 Å². The third-order valence-electron chi connectivity index (χ3n) is 3.56. The summed E-state index contributed by atoms with van der Waals surface area (Å²) in [7, 11) is 1.74. The number of rotatable bonds is 9. The molecule has 0 aliphatic heterocycles. The molecular weight excluding hydrogens is 234 g/mol. The van der Waals surface area contributed by atoms with E-state index in [4.69, 9.17) is 0 Å². The number of carboxylic acid groups (broad SMARTS) is 1. The van der Waals surface area contributed by atoms with Gasteiger partial charge in [0.15, 0.2) is 0 Å². The Morgan fingerprint density at radius 1 is 1.41 bits per heavy atom. The average Bonchev–Trinajstić information content (AvgIpc) is 2.29. The minimum Gasteiger partial charge on any atom is -0.480 e. The van der Waals surface area contributed by atoms with E-state index in [9.17, 15) is 9.90 Å². The van der Waals surface area contributed by atoms with Gasteiger partial charge in [-0.15, -0.1) is 0 Å². The average molecular weight is 261 g/mol. The van der Waals surface area contributed by atoms with E-state index in [2.05, 4.69) is 26.1 Å². The molecule has 0 radical (unpaired) electrons. The van der Waals surface area contributed by atoms with Crippen LogP contribution in [-0.4, -0.2) is 34.7 Å². The van der Waals surface area contributed by atoms with Crippen LogP contribution in [0.25, 0.3) is 0 Å². The van der Waals surface area contributed by atoms with Crippen LogP contribution in [0.15, 0.2) is 0 Å². The maximum Gasteiger partial charge on any atom is 0.323 e. The zero-order valence-corrected chi connectivity index (χ0v) is 12.6. The molecular formula is C13H27NO2S. The quantitative estimate of drug-likeness (QED) is 0.626. The van der Waals surface area contributed by atoms with Gasteiger partial charge in [-0.2, -0.15) is 11.8 Å². The maximum atomic E-state index is 11.3. The molecule has 0 saturated carbocycles. The second kappa shape index (κ2) is 7.98. The van der Waals surface area contributed by atoms with Gasteiger partial charge in [0.1, 0.15) is 5.54 Å². The highest BCUT2D eigenvalue weighted by molar-refractivity contribution is 7.99. The van der Waals surface area contributed by atoms with Gasteiger partial charge in [-0.25, -0.2) is 0 Å². The van der Waals surface area contributed by atoms with Gasteiger partial charge in [0, 0.05) is 5.25 Å². The van der Waals surface area contributed by atoms with Crippen molar-refractivity contribution in [1.82, 2.24) is 5.32 Å². The summed E-state index contributed by atoms with van der Waals surface area (Å²) in [6, 6.07) is 0. The van der Waals surface area contributed by atoms with E-state index >= 15 is 0 Å². The highest BCUT2D eigenvalue weighted by atomic mass is 32.2. The molecule has 0 spiro atoms. The molecule has 0 aliphatic carbocycles. The summed E-state index contributed by atoms with van der Waals surface area (Å²) in [6.45, 7) is 8.60. The molecule has 102 valence electrons. The fourth-order valence-corrected chi connectivity index (χ4v) is 2.75. The van der Waals surface area contributed by atoms with Crippen LogP contribution in [0.4, 0.5) is 0 Å². The molecule has 0 bridgehead atoms. The van der Waals surface area contributed by atoms with E-state index in [1.165, 1.54) is 0 Å². The normalized spacial score (nSPS) is 16.8. The second-order valence-electron chi connectivity index (χ2n) is 4.91. The maximum absolute atomic E-state index is 11.3. The largest absolute Gasteiger partial charge is 0.480 e. The first-order valence-electron chi connectivity index (χ1n) is 6.43. The Morgan fingerprint density at radius 2 is 2.00 bits per heavy atom. The van der Waals surface area contributed by atoms with Crippen molar-refractivity contribution in [3.63, 3.8) is 0 Å². The summed E-state index contributed by atoms with van der Waals surface area (Å²) >= 11 is 1.94. The molecule has 3 nitrogen and oxygen atoms in total. The third-order valence-corrected chi connectivity index (χ3v) is 5.15. The van der Waals surface area contributed by atoms with Crippen molar-refractivity contribution in [2.75, 3.05) is 12.8 Å². The van der Waals surface area contributed by atoms with Crippen molar-refractivity contribution < 1.29 is 9.90 Å². The fourth-order valence-electron chi connectivity index (χ4n) is 1.68. The van der Waals surface area contributed by atoms with Crippen molar-refractivity contribution in [2.45, 2.75) is 57.7 Å². The minimum atomic E-state index is -0.734. The van der Waals surface area contributed by atoms with Gasteiger partial charge >= 0.3 is 5.97 Å². The highest BCUT2D eigenvalue weighted by Gasteiger charge is 2.34. The number of likely N-dealkylation sites (N-methyl/N-ethyl adjacent to an activating group) is 1. The van der Waals surface area contributed by atoms with Crippen molar-refractivity contribution >= 4 is 17.7 Å². The minimum absolute atomic E-state index is 0.628. The van der Waals surface area contributed by atoms with E-state index < -0.39 is 11.5 Å². The zero-order valence-electron chi connectivity index (χ0n) is 11.7. The summed E-state index contributed by atoms with van der Waals surface area (Å²) in [6.07, 6.45) is 2.28. The molecule has 0 aromatic heterocycles. The Balaban J connectivity index is 4.04. The van der Waals surface area contributed by atoms with Crippen LogP contribution in [0.5, 0.6) is 0 Å². The monoisotopic (exact) mass is 261 g/mol. The predicted molar refractivity (Wildman–Crippen MR) is 75.7 cm³/mol. The summed E-state index contributed by atoms with van der Waals surface area (Å²) in [5.74, 6) is 0.986. The molecule has 0 fully saturated rings. The van der Waals surface area contributed by atoms with E-state index in [-0.39, 0.29) is 0 Å². The van der Waals surface area contributed by atoms with E-state index in [0.717, 1.165) is 12.2 Å². The van der Waals surface area contributed by atoms with Crippen LogP contribution in [0, 0.1) is 5.92 Å². The fraction of sp³-hybridized carbons (Fsp3) is 0.923. The van der Waals surface area contributed by atoms with Gasteiger partial charge in [-0.1, -0.05) is 27.7 Å². The lowest BCUT2D eigenvalue weighted by Gasteiger charge is -2.27. The molecule has 0 aromatic rings. The van der Waals surface area contributed by atoms with Gasteiger partial charge < -0.3 is 10.4 Å². The Bertz CT molecular complexity index is 227. The van der Waals surface area contributed by atoms with Gasteiger partial charge in [-0.3, -0.25) is 4.79 Å². The van der Waals surface area contributed by atoms with Gasteiger partial charge in [-0.05, 0) is 38.0 Å². The standard InChI is InChI=1S/C13H27NO2S/c1-6-13(14-5,12(15)16)8-7-9-17-11(4)10(2)3/h10-11,14H,6-9H2,1-5H3,(H,15,16). The van der Waals surface area contributed by atoms with Crippen molar-refractivity contribution in [3.05, 3.63) is 0 Å². The molecule has 2 N–H and O–H groups in total. The number of hydrogen-bond acceptors (Lipinski definition) is 3. The number of hydrogen-bond donors (Lipinski definition) is 2. The first-order chi connectivity index (χ1) is 7.89.